The van der Waals surface area contributed by atoms with Gasteiger partial charge in [-0.1, -0.05) is 56.3 Å². The zero-order valence-corrected chi connectivity index (χ0v) is 29.5. The summed E-state index contributed by atoms with van der Waals surface area (Å²) in [4.78, 5) is 82.2. The first kappa shape index (κ1) is 37.9. The summed E-state index contributed by atoms with van der Waals surface area (Å²) in [5.41, 5.74) is 1.11. The van der Waals surface area contributed by atoms with Crippen molar-refractivity contribution in [2.45, 2.75) is 96.5 Å². The number of ether oxygens (including phenoxy) is 1. The van der Waals surface area contributed by atoms with E-state index in [2.05, 4.69) is 26.6 Å². The second-order valence-corrected chi connectivity index (χ2v) is 14.3. The normalized spacial score (nSPS) is 23.1. The van der Waals surface area contributed by atoms with Gasteiger partial charge in [0.1, 0.15) is 35.5 Å². The molecule has 2 aromatic rings. The average Bonchev–Trinajstić information content (AvgIpc) is 3.55. The molecule has 0 saturated carbocycles. The summed E-state index contributed by atoms with van der Waals surface area (Å²) in [5.74, 6) is -2.62. The van der Waals surface area contributed by atoms with E-state index < -0.39 is 78.3 Å². The Labute approximate surface area is 293 Å². The molecule has 6 amide bonds. The van der Waals surface area contributed by atoms with Crippen molar-refractivity contribution in [3.63, 3.8) is 0 Å². The number of nitrogens with zero attached hydrogens (tertiary/aromatic N) is 1. The van der Waals surface area contributed by atoms with Gasteiger partial charge in [0.05, 0.1) is 13.1 Å². The van der Waals surface area contributed by atoms with Crippen molar-refractivity contribution in [1.82, 2.24) is 31.5 Å². The quantitative estimate of drug-likeness (QED) is 0.292. The molecule has 0 aliphatic carbocycles. The maximum absolute atomic E-state index is 14.2. The van der Waals surface area contributed by atoms with Crippen LogP contribution in [0.1, 0.15) is 65.0 Å². The first-order chi connectivity index (χ1) is 23.7. The van der Waals surface area contributed by atoms with Crippen LogP contribution in [0.15, 0.2) is 54.6 Å². The molecule has 0 spiro atoms. The first-order valence-electron chi connectivity index (χ1n) is 17.3. The van der Waals surface area contributed by atoms with Gasteiger partial charge in [0.15, 0.2) is 0 Å². The van der Waals surface area contributed by atoms with Gasteiger partial charge in [0, 0.05) is 19.4 Å². The highest BCUT2D eigenvalue weighted by atomic mass is 16.5. The van der Waals surface area contributed by atoms with E-state index in [1.54, 1.807) is 12.1 Å². The number of carbonyl (C=O) groups excluding carboxylic acids is 6. The molecule has 2 heterocycles. The molecule has 4 atom stereocenters. The molecule has 50 heavy (non-hydrogen) atoms. The van der Waals surface area contributed by atoms with Crippen molar-refractivity contribution in [2.75, 3.05) is 19.6 Å². The third-order valence-electron chi connectivity index (χ3n) is 8.38. The third-order valence-corrected chi connectivity index (χ3v) is 8.38. The van der Waals surface area contributed by atoms with Crippen molar-refractivity contribution in [3.05, 3.63) is 65.7 Å². The predicted octanol–water partition coefficient (Wildman–Crippen LogP) is 1.39. The van der Waals surface area contributed by atoms with Crippen LogP contribution in [0.2, 0.25) is 0 Å². The van der Waals surface area contributed by atoms with Crippen LogP contribution in [-0.2, 0) is 41.6 Å². The first-order valence-corrected chi connectivity index (χ1v) is 17.3. The van der Waals surface area contributed by atoms with Crippen molar-refractivity contribution in [2.24, 2.45) is 5.92 Å². The average molecular weight is 691 g/mol. The standard InChI is InChI=1S/C37H50N6O7/c1-23(2)18-27-33(46)38-21-31(44)41-28(19-24-10-7-6-8-11-24)34(47)42-29(20-25-13-15-26(16-14-25)50-37(3,4)5)36(49)43-17-9-12-30(43)35(48)39-22-32(45)40-27/h6-8,10-11,13-16,23,27-30H,9,12,17-22H2,1-5H3,(H,38,46)(H,39,48)(H,40,45)(H,41,44)(H,42,47)/t27-,28-,29-,30-/m0/s1. The summed E-state index contributed by atoms with van der Waals surface area (Å²) in [7, 11) is 0. The minimum atomic E-state index is -1.10. The Morgan fingerprint density at radius 1 is 0.720 bits per heavy atom. The van der Waals surface area contributed by atoms with Crippen molar-refractivity contribution in [1.29, 1.82) is 0 Å². The van der Waals surface area contributed by atoms with E-state index in [0.29, 0.717) is 25.0 Å². The molecule has 2 fully saturated rings. The smallest absolute Gasteiger partial charge is 0.246 e. The minimum Gasteiger partial charge on any atom is -0.488 e. The van der Waals surface area contributed by atoms with E-state index >= 15 is 0 Å². The van der Waals surface area contributed by atoms with Crippen LogP contribution in [0.4, 0.5) is 0 Å². The Balaban J connectivity index is 1.66. The molecule has 5 N–H and O–H groups in total. The lowest BCUT2D eigenvalue weighted by Crippen LogP contribution is -2.59. The van der Waals surface area contributed by atoms with Gasteiger partial charge in [-0.2, -0.15) is 0 Å². The summed E-state index contributed by atoms with van der Waals surface area (Å²) >= 11 is 0. The number of nitrogens with one attached hydrogen (secondary N) is 5. The van der Waals surface area contributed by atoms with Gasteiger partial charge in [0.25, 0.3) is 0 Å². The molecular weight excluding hydrogens is 640 g/mol. The van der Waals surface area contributed by atoms with Crippen LogP contribution in [0.5, 0.6) is 5.75 Å². The molecule has 0 bridgehead atoms. The summed E-state index contributed by atoms with van der Waals surface area (Å²) < 4.78 is 5.94. The highest BCUT2D eigenvalue weighted by Gasteiger charge is 2.39. The lowest BCUT2D eigenvalue weighted by Gasteiger charge is -2.30. The van der Waals surface area contributed by atoms with Crippen LogP contribution < -0.4 is 31.3 Å². The van der Waals surface area contributed by atoms with E-state index in [1.165, 1.54) is 4.90 Å². The second-order valence-electron chi connectivity index (χ2n) is 14.3. The molecule has 2 aromatic carbocycles. The lowest BCUT2D eigenvalue weighted by atomic mass is 10.0. The van der Waals surface area contributed by atoms with Gasteiger partial charge in [-0.3, -0.25) is 28.8 Å². The molecule has 4 rings (SSSR count). The highest BCUT2D eigenvalue weighted by Crippen LogP contribution is 2.22. The highest BCUT2D eigenvalue weighted by molar-refractivity contribution is 5.97. The van der Waals surface area contributed by atoms with Crippen LogP contribution in [-0.4, -0.2) is 89.7 Å². The van der Waals surface area contributed by atoms with E-state index in [9.17, 15) is 28.8 Å². The van der Waals surface area contributed by atoms with E-state index in [-0.39, 0.29) is 25.3 Å². The van der Waals surface area contributed by atoms with Crippen molar-refractivity contribution >= 4 is 35.4 Å². The van der Waals surface area contributed by atoms with Gasteiger partial charge in [-0.05, 0) is 69.2 Å². The molecule has 13 nitrogen and oxygen atoms in total. The monoisotopic (exact) mass is 690 g/mol. The number of hydrogen-bond acceptors (Lipinski definition) is 7. The number of fused-ring (bicyclic) bond motifs is 1. The molecule has 13 heteroatoms. The fourth-order valence-corrected chi connectivity index (χ4v) is 6.09. The summed E-state index contributed by atoms with van der Waals surface area (Å²) in [5, 5.41) is 13.4. The molecule has 2 aliphatic heterocycles. The number of hydrogen-bond donors (Lipinski definition) is 5. The summed E-state index contributed by atoms with van der Waals surface area (Å²) in [6, 6.07) is 12.4. The molecule has 0 aromatic heterocycles. The Morgan fingerprint density at radius 3 is 1.92 bits per heavy atom. The zero-order valence-electron chi connectivity index (χ0n) is 29.5. The predicted molar refractivity (Wildman–Crippen MR) is 187 cm³/mol. The zero-order chi connectivity index (χ0) is 36.4. The van der Waals surface area contributed by atoms with Gasteiger partial charge in [0.2, 0.25) is 35.4 Å². The summed E-state index contributed by atoms with van der Waals surface area (Å²) in [6.45, 7) is 9.04. The SMILES string of the molecule is CC(C)C[C@@H]1NC(=O)CNC(=O)[C@@H]2CCCN2C(=O)[C@H](Cc2ccc(OC(C)(C)C)cc2)NC(=O)[C@H](Cc2ccccc2)NC(=O)CNC1=O. The second kappa shape index (κ2) is 17.1. The van der Waals surface area contributed by atoms with E-state index in [0.717, 1.165) is 11.1 Å². The van der Waals surface area contributed by atoms with Gasteiger partial charge < -0.3 is 36.2 Å². The number of benzene rings is 2. The van der Waals surface area contributed by atoms with Crippen molar-refractivity contribution < 1.29 is 33.5 Å². The van der Waals surface area contributed by atoms with Gasteiger partial charge >= 0.3 is 0 Å². The molecular formula is C37H50N6O7. The largest absolute Gasteiger partial charge is 0.488 e. The molecule has 2 saturated heterocycles. The fraction of sp³-hybridized carbons (Fsp3) is 0.514. The number of rotatable bonds is 7. The van der Waals surface area contributed by atoms with E-state index in [4.69, 9.17) is 4.74 Å². The van der Waals surface area contributed by atoms with Crippen LogP contribution >= 0.6 is 0 Å². The maximum Gasteiger partial charge on any atom is 0.246 e. The van der Waals surface area contributed by atoms with Gasteiger partial charge in [-0.15, -0.1) is 0 Å². The molecule has 0 radical (unpaired) electrons. The molecule has 2 aliphatic rings. The summed E-state index contributed by atoms with van der Waals surface area (Å²) in [6.07, 6.45) is 1.45. The van der Waals surface area contributed by atoms with Crippen LogP contribution in [0.3, 0.4) is 0 Å². The number of amides is 6. The van der Waals surface area contributed by atoms with Crippen LogP contribution in [0, 0.1) is 5.92 Å². The number of carbonyl (C=O) groups is 6. The topological polar surface area (TPSA) is 175 Å². The Morgan fingerprint density at radius 2 is 1.30 bits per heavy atom. The Kier molecular flexibility index (Phi) is 13.0. The van der Waals surface area contributed by atoms with E-state index in [1.807, 2.05) is 77.1 Å². The van der Waals surface area contributed by atoms with Crippen molar-refractivity contribution in [3.8, 4) is 5.75 Å². The van der Waals surface area contributed by atoms with Gasteiger partial charge in [-0.25, -0.2) is 0 Å². The molecule has 0 unspecified atom stereocenters. The third kappa shape index (κ3) is 11.3. The Bertz CT molecular complexity index is 1520. The maximum atomic E-state index is 14.2. The lowest BCUT2D eigenvalue weighted by molar-refractivity contribution is -0.142. The Hall–Kier alpha value is -4.94. The fourth-order valence-electron chi connectivity index (χ4n) is 6.09. The molecule has 270 valence electrons. The van der Waals surface area contributed by atoms with Crippen LogP contribution in [0.25, 0.3) is 0 Å². The minimum absolute atomic E-state index is 0.0343.